The largest absolute Gasteiger partial charge is 0.343 e. The summed E-state index contributed by atoms with van der Waals surface area (Å²) in [6.45, 7) is 4.74. The van der Waals surface area contributed by atoms with Crippen molar-refractivity contribution in [1.82, 2.24) is 14.9 Å². The molecule has 9 heteroatoms. The Labute approximate surface area is 160 Å². The number of rotatable bonds is 4. The third-order valence-electron chi connectivity index (χ3n) is 5.11. The van der Waals surface area contributed by atoms with Crippen molar-refractivity contribution in [3.8, 4) is 0 Å². The van der Waals surface area contributed by atoms with Crippen molar-refractivity contribution in [2.45, 2.75) is 50.5 Å². The average Bonchev–Trinajstić information content (AvgIpc) is 2.63. The predicted octanol–water partition coefficient (Wildman–Crippen LogP) is 1.68. The third kappa shape index (κ3) is 4.98. The first-order chi connectivity index (χ1) is 12.8. The van der Waals surface area contributed by atoms with Crippen LogP contribution in [-0.2, 0) is 14.8 Å². The molecule has 0 radical (unpaired) electrons. The van der Waals surface area contributed by atoms with Gasteiger partial charge in [-0.05, 0) is 43.0 Å². The summed E-state index contributed by atoms with van der Waals surface area (Å²) in [6.07, 6.45) is 4.93. The number of carbonyl (C=O) groups excluding carboxylic acids is 1. The van der Waals surface area contributed by atoms with Crippen LogP contribution in [0.3, 0.4) is 0 Å². The van der Waals surface area contributed by atoms with Gasteiger partial charge in [-0.15, -0.1) is 0 Å². The molecular weight excluding hydrogens is 366 g/mol. The minimum atomic E-state index is -3.73. The number of guanidine groups is 1. The average molecular weight is 394 g/mol. The molecular formula is C18H27N5O3S. The molecule has 2 aliphatic rings. The predicted molar refractivity (Wildman–Crippen MR) is 105 cm³/mol. The Kier molecular flexibility index (Phi) is 6.01. The number of aliphatic imine (C=N–C) groups is 1. The van der Waals surface area contributed by atoms with Crippen LogP contribution in [0.5, 0.6) is 0 Å². The zero-order chi connectivity index (χ0) is 19.4. The van der Waals surface area contributed by atoms with Crippen LogP contribution >= 0.6 is 0 Å². The Bertz CT molecular complexity index is 807. The highest BCUT2D eigenvalue weighted by atomic mass is 32.2. The van der Waals surface area contributed by atoms with Crippen LogP contribution < -0.4 is 15.4 Å². The molecule has 1 heterocycles. The summed E-state index contributed by atoms with van der Waals surface area (Å²) in [7, 11) is -3.73. The fourth-order valence-electron chi connectivity index (χ4n) is 3.68. The fraction of sp³-hybridized carbons (Fsp3) is 0.556. The van der Waals surface area contributed by atoms with Gasteiger partial charge in [0, 0.05) is 18.7 Å². The maximum absolute atomic E-state index is 12.5. The molecule has 1 aliphatic carbocycles. The second-order valence-electron chi connectivity index (χ2n) is 7.21. The summed E-state index contributed by atoms with van der Waals surface area (Å²) in [5.41, 5.74) is 0.548. The summed E-state index contributed by atoms with van der Waals surface area (Å²) in [5, 5.41) is 5.69. The molecule has 0 unspecified atom stereocenters. The standard InChI is InChI=1S/C18H27N5O3S/c1-13-5-3-4-6-17(13)23-11-19-18(20-12-23)22-27(25,26)16-9-7-15(8-10-16)21-14(2)24/h7-10,13,17H,3-6,11-12H2,1-2H3,(H,21,24)(H2,19,20,22)/t13-,17+/m0/s1. The Balaban J connectivity index is 1.62. The summed E-state index contributed by atoms with van der Waals surface area (Å²) in [4.78, 5) is 17.8. The normalized spacial score (nSPS) is 23.9. The van der Waals surface area contributed by atoms with E-state index in [1.54, 1.807) is 12.1 Å². The first-order valence-corrected chi connectivity index (χ1v) is 10.8. The third-order valence-corrected chi connectivity index (χ3v) is 6.47. The van der Waals surface area contributed by atoms with E-state index >= 15 is 0 Å². The van der Waals surface area contributed by atoms with E-state index in [1.165, 1.54) is 44.7 Å². The van der Waals surface area contributed by atoms with Gasteiger partial charge in [0.05, 0.1) is 18.2 Å². The van der Waals surface area contributed by atoms with Gasteiger partial charge in [0.1, 0.15) is 0 Å². The molecule has 8 nitrogen and oxygen atoms in total. The van der Waals surface area contributed by atoms with Crippen molar-refractivity contribution in [2.24, 2.45) is 10.9 Å². The van der Waals surface area contributed by atoms with E-state index in [0.29, 0.717) is 31.0 Å². The molecule has 1 aromatic rings. The zero-order valence-electron chi connectivity index (χ0n) is 15.7. The number of sulfonamides is 1. The van der Waals surface area contributed by atoms with E-state index in [-0.39, 0.29) is 16.8 Å². The molecule has 148 valence electrons. The molecule has 27 heavy (non-hydrogen) atoms. The van der Waals surface area contributed by atoms with E-state index in [9.17, 15) is 13.2 Å². The van der Waals surface area contributed by atoms with Gasteiger partial charge in [-0.25, -0.2) is 18.1 Å². The molecule has 1 amide bonds. The lowest BCUT2D eigenvalue weighted by atomic mass is 9.85. The highest BCUT2D eigenvalue weighted by Gasteiger charge is 2.29. The van der Waals surface area contributed by atoms with E-state index < -0.39 is 10.0 Å². The van der Waals surface area contributed by atoms with Crippen LogP contribution in [0, 0.1) is 5.92 Å². The summed E-state index contributed by atoms with van der Waals surface area (Å²) >= 11 is 0. The second kappa shape index (κ2) is 8.26. The summed E-state index contributed by atoms with van der Waals surface area (Å²) in [5.74, 6) is 0.693. The molecule has 1 aliphatic heterocycles. The number of nitrogens with one attached hydrogen (secondary N) is 3. The molecule has 0 aromatic heterocycles. The number of benzene rings is 1. The first kappa shape index (κ1) is 19.6. The Morgan fingerprint density at radius 3 is 2.52 bits per heavy atom. The maximum Gasteiger partial charge on any atom is 0.264 e. The van der Waals surface area contributed by atoms with Gasteiger partial charge in [-0.2, -0.15) is 0 Å². The number of amides is 1. The molecule has 3 rings (SSSR count). The topological polar surface area (TPSA) is 103 Å². The van der Waals surface area contributed by atoms with Crippen molar-refractivity contribution in [3.63, 3.8) is 0 Å². The van der Waals surface area contributed by atoms with Crippen molar-refractivity contribution in [1.29, 1.82) is 0 Å². The molecule has 2 atom stereocenters. The van der Waals surface area contributed by atoms with Gasteiger partial charge < -0.3 is 10.6 Å². The number of anilines is 1. The first-order valence-electron chi connectivity index (χ1n) is 9.28. The minimum Gasteiger partial charge on any atom is -0.343 e. The molecule has 0 saturated heterocycles. The van der Waals surface area contributed by atoms with Crippen LogP contribution in [0.1, 0.15) is 39.5 Å². The van der Waals surface area contributed by atoms with Gasteiger partial charge in [0.25, 0.3) is 10.0 Å². The van der Waals surface area contributed by atoms with Gasteiger partial charge in [0.2, 0.25) is 11.9 Å². The minimum absolute atomic E-state index is 0.115. The van der Waals surface area contributed by atoms with Gasteiger partial charge in [-0.1, -0.05) is 19.8 Å². The van der Waals surface area contributed by atoms with Crippen LogP contribution in [0.4, 0.5) is 5.69 Å². The number of hydrogen-bond donors (Lipinski definition) is 3. The lowest BCUT2D eigenvalue weighted by Crippen LogP contribution is -2.54. The lowest BCUT2D eigenvalue weighted by molar-refractivity contribution is -0.114. The van der Waals surface area contributed by atoms with Crippen LogP contribution in [0.2, 0.25) is 0 Å². The van der Waals surface area contributed by atoms with Crippen molar-refractivity contribution in [3.05, 3.63) is 24.3 Å². The summed E-state index contributed by atoms with van der Waals surface area (Å²) in [6, 6.07) is 6.51. The van der Waals surface area contributed by atoms with Crippen molar-refractivity contribution in [2.75, 3.05) is 18.7 Å². The Morgan fingerprint density at radius 2 is 1.93 bits per heavy atom. The van der Waals surface area contributed by atoms with Gasteiger partial charge in [0.15, 0.2) is 0 Å². The van der Waals surface area contributed by atoms with Crippen molar-refractivity contribution >= 4 is 27.6 Å². The van der Waals surface area contributed by atoms with Crippen LogP contribution in [-0.4, -0.2) is 44.6 Å². The Morgan fingerprint density at radius 1 is 1.22 bits per heavy atom. The quantitative estimate of drug-likeness (QED) is 0.722. The lowest BCUT2D eigenvalue weighted by Gasteiger charge is -2.39. The number of hydrogen-bond acceptors (Lipinski definition) is 6. The fourth-order valence-corrected chi connectivity index (χ4v) is 4.68. The monoisotopic (exact) mass is 393 g/mol. The molecule has 1 fully saturated rings. The smallest absolute Gasteiger partial charge is 0.264 e. The second-order valence-corrected chi connectivity index (χ2v) is 8.89. The van der Waals surface area contributed by atoms with E-state index in [1.807, 2.05) is 0 Å². The van der Waals surface area contributed by atoms with E-state index in [4.69, 9.17) is 0 Å². The maximum atomic E-state index is 12.5. The van der Waals surface area contributed by atoms with Gasteiger partial charge >= 0.3 is 0 Å². The zero-order valence-corrected chi connectivity index (χ0v) is 16.6. The van der Waals surface area contributed by atoms with E-state index in [0.717, 1.165) is 0 Å². The molecule has 0 spiro atoms. The van der Waals surface area contributed by atoms with Crippen molar-refractivity contribution < 1.29 is 13.2 Å². The number of carbonyl (C=O) groups is 1. The summed E-state index contributed by atoms with van der Waals surface area (Å²) < 4.78 is 27.6. The molecule has 1 saturated carbocycles. The van der Waals surface area contributed by atoms with Gasteiger partial charge in [-0.3, -0.25) is 9.69 Å². The highest BCUT2D eigenvalue weighted by Crippen LogP contribution is 2.28. The Hall–Kier alpha value is -2.13. The molecule has 0 bridgehead atoms. The molecule has 3 N–H and O–H groups in total. The van der Waals surface area contributed by atoms with Crippen LogP contribution in [0.15, 0.2) is 34.2 Å². The highest BCUT2D eigenvalue weighted by molar-refractivity contribution is 7.90. The van der Waals surface area contributed by atoms with E-state index in [2.05, 4.69) is 32.2 Å². The SMILES string of the molecule is CC(=O)Nc1ccc(S(=O)(=O)NC2=NCN([C@@H]3CCCC[C@@H]3C)CN2)cc1. The number of nitrogens with zero attached hydrogens (tertiary/aromatic N) is 2. The molecule has 1 aromatic carbocycles. The van der Waals surface area contributed by atoms with Crippen LogP contribution in [0.25, 0.3) is 0 Å².